The number of hydrogen-bond donors (Lipinski definition) is 11. The van der Waals surface area contributed by atoms with Crippen LogP contribution < -0.4 is 50.4 Å². The molecule has 39 heavy (non-hydrogen) atoms. The highest BCUT2D eigenvalue weighted by Crippen LogP contribution is 2.05. The van der Waals surface area contributed by atoms with E-state index in [-0.39, 0.29) is 44.3 Å². The zero-order valence-electron chi connectivity index (χ0n) is 21.2. The molecule has 0 saturated heterocycles. The summed E-state index contributed by atoms with van der Waals surface area (Å²) in [5.41, 5.74) is 31.8. The van der Waals surface area contributed by atoms with Crippen LogP contribution in [0.2, 0.25) is 0 Å². The largest absolute Gasteiger partial charge is 0.481 e. The number of rotatable bonds is 19. The van der Waals surface area contributed by atoms with Crippen LogP contribution in [0.3, 0.4) is 0 Å². The topological polar surface area (TPSA) is 360 Å². The van der Waals surface area contributed by atoms with Gasteiger partial charge < -0.3 is 60.6 Å². The lowest BCUT2D eigenvalue weighted by atomic mass is 10.1. The Morgan fingerprint density at radius 3 is 1.56 bits per heavy atom. The van der Waals surface area contributed by atoms with Crippen LogP contribution >= 0.6 is 0 Å². The first-order valence-electron chi connectivity index (χ1n) is 11.6. The SMILES string of the molecule is NC(=O)CC(NC(=O)C(CC(=O)O)NC(=O)C(CCCN=C(N)N)NC(=O)C(N)CCCN=C(N)N)C(=O)O. The maximum atomic E-state index is 13.0. The van der Waals surface area contributed by atoms with Gasteiger partial charge in [-0.3, -0.25) is 34.0 Å². The molecule has 0 heterocycles. The second-order valence-corrected chi connectivity index (χ2v) is 8.29. The van der Waals surface area contributed by atoms with E-state index < -0.39 is 72.6 Å². The fourth-order valence-corrected chi connectivity index (χ4v) is 3.03. The zero-order chi connectivity index (χ0) is 30.1. The summed E-state index contributed by atoms with van der Waals surface area (Å²) >= 11 is 0. The van der Waals surface area contributed by atoms with Gasteiger partial charge in [-0.1, -0.05) is 0 Å². The van der Waals surface area contributed by atoms with Crippen molar-refractivity contribution in [2.24, 2.45) is 44.4 Å². The lowest BCUT2D eigenvalue weighted by Gasteiger charge is -2.24. The highest BCUT2D eigenvalue weighted by atomic mass is 16.4. The highest BCUT2D eigenvalue weighted by molar-refractivity contribution is 5.96. The fourth-order valence-electron chi connectivity index (χ4n) is 3.03. The van der Waals surface area contributed by atoms with E-state index in [9.17, 15) is 39.0 Å². The smallest absolute Gasteiger partial charge is 0.326 e. The molecule has 0 radical (unpaired) electrons. The number of carboxylic acid groups (broad SMARTS) is 2. The van der Waals surface area contributed by atoms with Crippen LogP contribution in [0.4, 0.5) is 0 Å². The normalized spacial score (nSPS) is 13.5. The Morgan fingerprint density at radius 1 is 0.641 bits per heavy atom. The fraction of sp³-hybridized carbons (Fsp3) is 0.600. The molecule has 19 nitrogen and oxygen atoms in total. The minimum absolute atomic E-state index is 0.0457. The Morgan fingerprint density at radius 2 is 1.10 bits per heavy atom. The van der Waals surface area contributed by atoms with Gasteiger partial charge in [0.2, 0.25) is 23.6 Å². The van der Waals surface area contributed by atoms with Crippen molar-refractivity contribution in [3.8, 4) is 0 Å². The summed E-state index contributed by atoms with van der Waals surface area (Å²) in [5, 5.41) is 24.9. The van der Waals surface area contributed by atoms with Gasteiger partial charge in [-0.25, -0.2) is 4.79 Å². The van der Waals surface area contributed by atoms with E-state index in [0.29, 0.717) is 6.42 Å². The maximum Gasteiger partial charge on any atom is 0.326 e. The number of carbonyl (C=O) groups is 6. The number of nitrogens with zero attached hydrogens (tertiary/aromatic N) is 2. The maximum absolute atomic E-state index is 13.0. The van der Waals surface area contributed by atoms with Gasteiger partial charge in [-0.05, 0) is 25.7 Å². The predicted octanol–water partition coefficient (Wildman–Crippen LogP) is -5.69. The van der Waals surface area contributed by atoms with Gasteiger partial charge in [0.25, 0.3) is 0 Å². The van der Waals surface area contributed by atoms with Crippen molar-refractivity contribution in [1.29, 1.82) is 0 Å². The third kappa shape index (κ3) is 15.9. The summed E-state index contributed by atoms with van der Waals surface area (Å²) in [6.07, 6.45) is -1.07. The number of nitrogens with one attached hydrogen (secondary N) is 3. The average molecular weight is 560 g/mol. The summed E-state index contributed by atoms with van der Waals surface area (Å²) in [7, 11) is 0. The third-order valence-corrected chi connectivity index (χ3v) is 4.91. The van der Waals surface area contributed by atoms with E-state index in [2.05, 4.69) is 20.6 Å². The highest BCUT2D eigenvalue weighted by Gasteiger charge is 2.32. The molecular weight excluding hydrogens is 522 g/mol. The van der Waals surface area contributed by atoms with Crippen molar-refractivity contribution in [3.05, 3.63) is 0 Å². The standard InChI is InChI=1S/C20H37N11O8/c21-9(3-1-5-27-19(23)24)15(35)29-10(4-2-6-28-20(25)26)16(36)30-11(8-14(33)34)17(37)31-12(18(38)39)7-13(22)32/h9-12H,1-8,21H2,(H2,22,32)(H,29,35)(H,30,36)(H,31,37)(H,33,34)(H,38,39)(H4,23,24,27)(H4,25,26,28). The molecule has 0 aromatic carbocycles. The number of hydrogen-bond acceptors (Lipinski definition) is 9. The van der Waals surface area contributed by atoms with E-state index >= 15 is 0 Å². The lowest BCUT2D eigenvalue weighted by molar-refractivity contribution is -0.144. The molecule has 0 saturated carbocycles. The van der Waals surface area contributed by atoms with E-state index in [1.54, 1.807) is 0 Å². The van der Waals surface area contributed by atoms with Crippen molar-refractivity contribution < 1.29 is 39.0 Å². The number of aliphatic imine (C=N–C) groups is 2. The minimum Gasteiger partial charge on any atom is -0.481 e. The van der Waals surface area contributed by atoms with Crippen LogP contribution in [-0.4, -0.2) is 95.0 Å². The Labute approximate surface area is 223 Å². The van der Waals surface area contributed by atoms with Gasteiger partial charge in [-0.15, -0.1) is 0 Å². The third-order valence-electron chi connectivity index (χ3n) is 4.91. The van der Waals surface area contributed by atoms with Crippen LogP contribution in [-0.2, 0) is 28.8 Å². The Hall–Kier alpha value is -4.68. The molecule has 220 valence electrons. The minimum atomic E-state index is -1.77. The molecule has 0 aliphatic heterocycles. The van der Waals surface area contributed by atoms with E-state index in [4.69, 9.17) is 34.4 Å². The van der Waals surface area contributed by atoms with Crippen LogP contribution in [0, 0.1) is 0 Å². The average Bonchev–Trinajstić information content (AvgIpc) is 2.81. The lowest BCUT2D eigenvalue weighted by Crippen LogP contribution is -2.57. The first kappa shape index (κ1) is 34.3. The second kappa shape index (κ2) is 17.7. The Kier molecular flexibility index (Phi) is 15.6. The van der Waals surface area contributed by atoms with Crippen molar-refractivity contribution in [1.82, 2.24) is 16.0 Å². The Bertz CT molecular complexity index is 948. The summed E-state index contributed by atoms with van der Waals surface area (Å²) in [6.45, 7) is 0.295. The van der Waals surface area contributed by atoms with E-state index in [1.807, 2.05) is 5.32 Å². The number of carbonyl (C=O) groups excluding carboxylic acids is 4. The van der Waals surface area contributed by atoms with Gasteiger partial charge in [0, 0.05) is 13.1 Å². The molecule has 0 rings (SSSR count). The number of guanidine groups is 2. The molecule has 17 N–H and O–H groups in total. The van der Waals surface area contributed by atoms with Gasteiger partial charge in [0.15, 0.2) is 11.9 Å². The summed E-state index contributed by atoms with van der Waals surface area (Å²) < 4.78 is 0. The number of primary amides is 1. The van der Waals surface area contributed by atoms with Gasteiger partial charge in [-0.2, -0.15) is 0 Å². The first-order valence-corrected chi connectivity index (χ1v) is 11.6. The van der Waals surface area contributed by atoms with Gasteiger partial charge in [0.05, 0.1) is 18.9 Å². The molecule has 4 amide bonds. The summed E-state index contributed by atoms with van der Waals surface area (Å²) in [5.74, 6) is -7.40. The van der Waals surface area contributed by atoms with Crippen LogP contribution in [0.5, 0.6) is 0 Å². The molecule has 0 bridgehead atoms. The molecule has 0 aromatic rings. The molecule has 19 heteroatoms. The summed E-state index contributed by atoms with van der Waals surface area (Å²) in [6, 6.07) is -5.90. The van der Waals surface area contributed by atoms with Crippen molar-refractivity contribution in [3.63, 3.8) is 0 Å². The number of carboxylic acids is 2. The zero-order valence-corrected chi connectivity index (χ0v) is 21.2. The molecular formula is C20H37N11O8. The summed E-state index contributed by atoms with van der Waals surface area (Å²) in [4.78, 5) is 79.5. The van der Waals surface area contributed by atoms with Crippen molar-refractivity contribution in [2.45, 2.75) is 62.7 Å². The second-order valence-electron chi connectivity index (χ2n) is 8.29. The number of nitrogens with two attached hydrogens (primary N) is 6. The Balaban J connectivity index is 5.61. The molecule has 4 atom stereocenters. The number of aliphatic carboxylic acids is 2. The van der Waals surface area contributed by atoms with Gasteiger partial charge in [0.1, 0.15) is 18.1 Å². The predicted molar refractivity (Wildman–Crippen MR) is 137 cm³/mol. The van der Waals surface area contributed by atoms with Crippen LogP contribution in [0.15, 0.2) is 9.98 Å². The molecule has 4 unspecified atom stereocenters. The number of amides is 4. The van der Waals surface area contributed by atoms with Crippen LogP contribution in [0.25, 0.3) is 0 Å². The van der Waals surface area contributed by atoms with Crippen LogP contribution in [0.1, 0.15) is 38.5 Å². The van der Waals surface area contributed by atoms with E-state index in [0.717, 1.165) is 0 Å². The van der Waals surface area contributed by atoms with Gasteiger partial charge >= 0.3 is 11.9 Å². The molecule has 0 aromatic heterocycles. The van der Waals surface area contributed by atoms with Crippen molar-refractivity contribution >= 4 is 47.5 Å². The molecule has 0 fully saturated rings. The molecule has 0 spiro atoms. The monoisotopic (exact) mass is 559 g/mol. The molecule has 0 aliphatic carbocycles. The van der Waals surface area contributed by atoms with Crippen molar-refractivity contribution in [2.75, 3.05) is 13.1 Å². The molecule has 0 aliphatic rings. The quantitative estimate of drug-likeness (QED) is 0.0399. The van der Waals surface area contributed by atoms with E-state index in [1.165, 1.54) is 0 Å². The first-order chi connectivity index (χ1) is 18.1.